The van der Waals surface area contributed by atoms with Gasteiger partial charge in [-0.25, -0.2) is 4.98 Å². The third-order valence-electron chi connectivity index (χ3n) is 2.91. The van der Waals surface area contributed by atoms with E-state index in [0.29, 0.717) is 28.9 Å². The Morgan fingerprint density at radius 1 is 1.27 bits per heavy atom. The van der Waals surface area contributed by atoms with Crippen LogP contribution in [0.25, 0.3) is 0 Å². The Morgan fingerprint density at radius 3 is 2.73 bits per heavy atom. The first kappa shape index (κ1) is 16.1. The van der Waals surface area contributed by atoms with Crippen LogP contribution in [0.5, 0.6) is 11.5 Å². The third-order valence-corrected chi connectivity index (χ3v) is 3.66. The molecule has 22 heavy (non-hydrogen) atoms. The number of thiazole rings is 1. The standard InChI is InChI=1S/C15H19N3O3S/c1-4-7-16-14(19)11-9-22-15(18-11)17-10-5-6-12(20-2)13(8-10)21-3/h5-6,8-9H,4,7H2,1-3H3,(H,16,19)(H,17,18). The maximum atomic E-state index is 11.8. The second kappa shape index (κ2) is 7.65. The average molecular weight is 321 g/mol. The number of aromatic nitrogens is 1. The van der Waals surface area contributed by atoms with Gasteiger partial charge in [-0.2, -0.15) is 0 Å². The summed E-state index contributed by atoms with van der Waals surface area (Å²) in [6.07, 6.45) is 0.895. The molecular formula is C15H19N3O3S. The molecule has 2 rings (SSSR count). The predicted octanol–water partition coefficient (Wildman–Crippen LogP) is 3.04. The summed E-state index contributed by atoms with van der Waals surface area (Å²) in [5.74, 6) is 1.13. The normalized spacial score (nSPS) is 10.1. The van der Waals surface area contributed by atoms with Crippen LogP contribution in [0.15, 0.2) is 23.6 Å². The molecule has 0 fully saturated rings. The maximum Gasteiger partial charge on any atom is 0.270 e. The van der Waals surface area contributed by atoms with Crippen LogP contribution in [0.2, 0.25) is 0 Å². The Hall–Kier alpha value is -2.28. The fourth-order valence-electron chi connectivity index (χ4n) is 1.80. The van der Waals surface area contributed by atoms with E-state index in [2.05, 4.69) is 15.6 Å². The summed E-state index contributed by atoms with van der Waals surface area (Å²) in [6, 6.07) is 5.49. The number of benzene rings is 1. The molecule has 1 heterocycles. The number of rotatable bonds is 7. The first-order chi connectivity index (χ1) is 10.7. The summed E-state index contributed by atoms with van der Waals surface area (Å²) >= 11 is 1.37. The average Bonchev–Trinajstić information content (AvgIpc) is 3.01. The first-order valence-corrected chi connectivity index (χ1v) is 7.78. The first-order valence-electron chi connectivity index (χ1n) is 6.90. The lowest BCUT2D eigenvalue weighted by Crippen LogP contribution is -2.24. The lowest BCUT2D eigenvalue weighted by molar-refractivity contribution is 0.0949. The van der Waals surface area contributed by atoms with Gasteiger partial charge in [-0.15, -0.1) is 11.3 Å². The number of carbonyl (C=O) groups is 1. The monoisotopic (exact) mass is 321 g/mol. The van der Waals surface area contributed by atoms with Crippen LogP contribution in [-0.2, 0) is 0 Å². The van der Waals surface area contributed by atoms with E-state index in [9.17, 15) is 4.79 Å². The molecule has 0 bridgehead atoms. The van der Waals surface area contributed by atoms with Gasteiger partial charge in [0.05, 0.1) is 14.2 Å². The molecule has 0 radical (unpaired) electrons. The van der Waals surface area contributed by atoms with Crippen molar-refractivity contribution >= 4 is 28.1 Å². The molecule has 0 saturated carbocycles. The van der Waals surface area contributed by atoms with Crippen LogP contribution >= 0.6 is 11.3 Å². The molecule has 0 saturated heterocycles. The van der Waals surface area contributed by atoms with Crippen LogP contribution in [0.1, 0.15) is 23.8 Å². The van der Waals surface area contributed by atoms with E-state index < -0.39 is 0 Å². The van der Waals surface area contributed by atoms with E-state index in [-0.39, 0.29) is 5.91 Å². The van der Waals surface area contributed by atoms with Crippen molar-refractivity contribution in [3.8, 4) is 11.5 Å². The Balaban J connectivity index is 2.08. The number of hydrogen-bond acceptors (Lipinski definition) is 6. The zero-order valence-electron chi connectivity index (χ0n) is 12.8. The van der Waals surface area contributed by atoms with Crippen LogP contribution in [0, 0.1) is 0 Å². The van der Waals surface area contributed by atoms with Gasteiger partial charge in [-0.05, 0) is 18.6 Å². The zero-order chi connectivity index (χ0) is 15.9. The van der Waals surface area contributed by atoms with Gasteiger partial charge in [0.1, 0.15) is 5.69 Å². The molecule has 0 aliphatic rings. The van der Waals surface area contributed by atoms with Crippen molar-refractivity contribution in [1.29, 1.82) is 0 Å². The Bertz CT molecular complexity index is 643. The maximum absolute atomic E-state index is 11.8. The molecule has 0 atom stereocenters. The van der Waals surface area contributed by atoms with Crippen molar-refractivity contribution in [2.45, 2.75) is 13.3 Å². The molecule has 118 valence electrons. The summed E-state index contributed by atoms with van der Waals surface area (Å²) in [7, 11) is 3.17. The topological polar surface area (TPSA) is 72.5 Å². The minimum atomic E-state index is -0.154. The largest absolute Gasteiger partial charge is 0.493 e. The zero-order valence-corrected chi connectivity index (χ0v) is 13.6. The summed E-state index contributed by atoms with van der Waals surface area (Å²) < 4.78 is 10.5. The lowest BCUT2D eigenvalue weighted by atomic mass is 10.3. The Morgan fingerprint density at radius 2 is 2.05 bits per heavy atom. The van der Waals surface area contributed by atoms with E-state index in [1.165, 1.54) is 11.3 Å². The van der Waals surface area contributed by atoms with Gasteiger partial charge in [0.15, 0.2) is 16.6 Å². The number of amides is 1. The minimum absolute atomic E-state index is 0.154. The summed E-state index contributed by atoms with van der Waals surface area (Å²) in [5.41, 5.74) is 1.23. The summed E-state index contributed by atoms with van der Waals surface area (Å²) in [4.78, 5) is 16.1. The highest BCUT2D eigenvalue weighted by Crippen LogP contribution is 2.31. The van der Waals surface area contributed by atoms with Gasteiger partial charge in [0.2, 0.25) is 0 Å². The molecule has 2 N–H and O–H groups in total. The highest BCUT2D eigenvalue weighted by atomic mass is 32.1. The lowest BCUT2D eigenvalue weighted by Gasteiger charge is -2.09. The molecule has 0 aliphatic carbocycles. The highest BCUT2D eigenvalue weighted by molar-refractivity contribution is 7.14. The molecule has 0 spiro atoms. The number of anilines is 2. The number of hydrogen-bond donors (Lipinski definition) is 2. The van der Waals surface area contributed by atoms with Crippen LogP contribution in [-0.4, -0.2) is 31.7 Å². The smallest absolute Gasteiger partial charge is 0.270 e. The fraction of sp³-hybridized carbons (Fsp3) is 0.333. The van der Waals surface area contributed by atoms with Crippen molar-refractivity contribution < 1.29 is 14.3 Å². The number of ether oxygens (including phenoxy) is 2. The second-order valence-corrected chi connectivity index (χ2v) is 5.35. The number of carbonyl (C=O) groups excluding carboxylic acids is 1. The van der Waals surface area contributed by atoms with Crippen molar-refractivity contribution in [1.82, 2.24) is 10.3 Å². The molecule has 7 heteroatoms. The van der Waals surface area contributed by atoms with Crippen molar-refractivity contribution in [3.05, 3.63) is 29.3 Å². The molecule has 0 unspecified atom stereocenters. The van der Waals surface area contributed by atoms with E-state index in [1.807, 2.05) is 25.1 Å². The third kappa shape index (κ3) is 3.88. The van der Waals surface area contributed by atoms with Gasteiger partial charge in [0, 0.05) is 23.7 Å². The number of nitrogens with one attached hydrogen (secondary N) is 2. The highest BCUT2D eigenvalue weighted by Gasteiger charge is 2.11. The molecule has 2 aromatic rings. The quantitative estimate of drug-likeness (QED) is 0.820. The van der Waals surface area contributed by atoms with Crippen molar-refractivity contribution in [2.24, 2.45) is 0 Å². The summed E-state index contributed by atoms with van der Waals surface area (Å²) in [5, 5.41) is 8.33. The van der Waals surface area contributed by atoms with Crippen LogP contribution in [0.3, 0.4) is 0 Å². The SMILES string of the molecule is CCCNC(=O)c1csc(Nc2ccc(OC)c(OC)c2)n1. The number of nitrogens with zero attached hydrogens (tertiary/aromatic N) is 1. The van der Waals surface area contributed by atoms with E-state index in [0.717, 1.165) is 12.1 Å². The van der Waals surface area contributed by atoms with Gasteiger partial charge in [-0.3, -0.25) is 4.79 Å². The predicted molar refractivity (Wildman–Crippen MR) is 87.6 cm³/mol. The summed E-state index contributed by atoms with van der Waals surface area (Å²) in [6.45, 7) is 2.65. The van der Waals surface area contributed by atoms with E-state index in [1.54, 1.807) is 19.6 Å². The molecule has 1 amide bonds. The van der Waals surface area contributed by atoms with E-state index >= 15 is 0 Å². The molecular weight excluding hydrogens is 302 g/mol. The Kier molecular flexibility index (Phi) is 5.60. The van der Waals surface area contributed by atoms with Gasteiger partial charge >= 0.3 is 0 Å². The van der Waals surface area contributed by atoms with Gasteiger partial charge in [0.25, 0.3) is 5.91 Å². The molecule has 0 aliphatic heterocycles. The van der Waals surface area contributed by atoms with Crippen molar-refractivity contribution in [2.75, 3.05) is 26.1 Å². The van der Waals surface area contributed by atoms with Gasteiger partial charge in [-0.1, -0.05) is 6.92 Å². The molecule has 6 nitrogen and oxygen atoms in total. The molecule has 1 aromatic heterocycles. The Labute approximate surface area is 133 Å². The van der Waals surface area contributed by atoms with Crippen LogP contribution < -0.4 is 20.1 Å². The molecule has 1 aromatic carbocycles. The second-order valence-electron chi connectivity index (χ2n) is 4.49. The van der Waals surface area contributed by atoms with Gasteiger partial charge < -0.3 is 20.1 Å². The van der Waals surface area contributed by atoms with Crippen LogP contribution in [0.4, 0.5) is 10.8 Å². The van der Waals surface area contributed by atoms with Crippen molar-refractivity contribution in [3.63, 3.8) is 0 Å². The number of methoxy groups -OCH3 is 2. The fourth-order valence-corrected chi connectivity index (χ4v) is 2.51. The van der Waals surface area contributed by atoms with E-state index in [4.69, 9.17) is 9.47 Å². The minimum Gasteiger partial charge on any atom is -0.493 e.